The van der Waals surface area contributed by atoms with Crippen molar-refractivity contribution in [3.8, 4) is 5.88 Å². The van der Waals surface area contributed by atoms with E-state index in [0.29, 0.717) is 40.2 Å². The summed E-state index contributed by atoms with van der Waals surface area (Å²) in [5.41, 5.74) is 1.40. The number of fused-ring (bicyclic) bond motifs is 1. The Bertz CT molecular complexity index is 1450. The quantitative estimate of drug-likeness (QED) is 0.269. The van der Waals surface area contributed by atoms with E-state index in [1.54, 1.807) is 31.4 Å². The number of benzene rings is 1. The van der Waals surface area contributed by atoms with Crippen molar-refractivity contribution in [2.75, 3.05) is 25.5 Å². The van der Waals surface area contributed by atoms with E-state index in [1.165, 1.54) is 23.5 Å². The molecule has 3 atom stereocenters. The number of carbonyl (C=O) groups excluding carboxylic acids is 1. The average molecular weight is 574 g/mol. The van der Waals surface area contributed by atoms with Crippen LogP contribution < -0.4 is 20.7 Å². The topological polar surface area (TPSA) is 160 Å². The molecule has 2 aromatic heterocycles. The van der Waals surface area contributed by atoms with Gasteiger partial charge in [0.15, 0.2) is 15.0 Å². The molecule has 13 heteroatoms. The Morgan fingerprint density at radius 1 is 1.15 bits per heavy atom. The zero-order chi connectivity index (χ0) is 27.6. The molecule has 1 aliphatic heterocycles. The number of methoxy groups -OCH3 is 1. The minimum atomic E-state index is -3.75. The third-order valence-corrected chi connectivity index (χ3v) is 10.4. The zero-order valence-electron chi connectivity index (χ0n) is 21.4. The van der Waals surface area contributed by atoms with Crippen LogP contribution in [0.25, 0.3) is 10.3 Å². The highest BCUT2D eigenvalue weighted by Crippen LogP contribution is 2.36. The van der Waals surface area contributed by atoms with Crippen LogP contribution in [0, 0.1) is 5.92 Å². The minimum absolute atomic E-state index is 0.122. The molecule has 4 N–H and O–H groups in total. The van der Waals surface area contributed by atoms with Crippen molar-refractivity contribution in [2.45, 2.75) is 54.3 Å². The molecule has 0 spiro atoms. The Labute approximate surface area is 230 Å². The van der Waals surface area contributed by atoms with E-state index in [9.17, 15) is 18.0 Å². The molecule has 1 saturated carbocycles. The van der Waals surface area contributed by atoms with Crippen molar-refractivity contribution in [3.63, 3.8) is 0 Å². The van der Waals surface area contributed by atoms with Crippen molar-refractivity contribution in [3.05, 3.63) is 42.0 Å². The molecule has 0 radical (unpaired) electrons. The van der Waals surface area contributed by atoms with Crippen molar-refractivity contribution < 1.29 is 27.9 Å². The summed E-state index contributed by atoms with van der Waals surface area (Å²) in [4.78, 5) is 34.1. The number of carbonyl (C=O) groups is 2. The normalized spacial score (nSPS) is 20.4. The van der Waals surface area contributed by atoms with Gasteiger partial charge in [0.2, 0.25) is 11.8 Å². The molecule has 39 heavy (non-hydrogen) atoms. The predicted octanol–water partition coefficient (Wildman–Crippen LogP) is 2.75. The second-order valence-corrected chi connectivity index (χ2v) is 13.0. The third-order valence-electron chi connectivity index (χ3n) is 7.39. The van der Waals surface area contributed by atoms with E-state index in [-0.39, 0.29) is 17.3 Å². The molecule has 208 valence electrons. The average Bonchev–Trinajstić information content (AvgIpc) is 3.55. The maximum absolute atomic E-state index is 13.5. The SMILES string of the molecule is COc1ccc2nc(NC(=O)C(CC3CCCC3)c3ccc(S(=O)(=O)C4NCC4NCC(=O)O)cc3)sc2n1. The fourth-order valence-electron chi connectivity index (χ4n) is 5.23. The van der Waals surface area contributed by atoms with Crippen LogP contribution in [0.15, 0.2) is 41.3 Å². The summed E-state index contributed by atoms with van der Waals surface area (Å²) >= 11 is 1.27. The van der Waals surface area contributed by atoms with E-state index in [1.807, 2.05) is 0 Å². The van der Waals surface area contributed by atoms with Gasteiger partial charge in [-0.1, -0.05) is 49.2 Å². The first-order valence-electron chi connectivity index (χ1n) is 12.9. The number of nitrogens with one attached hydrogen (secondary N) is 3. The molecule has 0 bridgehead atoms. The molecule has 11 nitrogen and oxygen atoms in total. The Morgan fingerprint density at radius 2 is 1.90 bits per heavy atom. The van der Waals surface area contributed by atoms with Crippen LogP contribution in [0.2, 0.25) is 0 Å². The van der Waals surface area contributed by atoms with Gasteiger partial charge in [-0.15, -0.1) is 0 Å². The summed E-state index contributed by atoms with van der Waals surface area (Å²) in [5, 5.41) is 17.0. The summed E-state index contributed by atoms with van der Waals surface area (Å²) in [7, 11) is -2.21. The lowest BCUT2D eigenvalue weighted by atomic mass is 9.87. The molecule has 1 aromatic carbocycles. The number of ether oxygens (including phenoxy) is 1. The van der Waals surface area contributed by atoms with Crippen LogP contribution in [-0.2, 0) is 19.4 Å². The predicted molar refractivity (Wildman–Crippen MR) is 147 cm³/mol. The molecule has 2 aliphatic rings. The van der Waals surface area contributed by atoms with Gasteiger partial charge in [0, 0.05) is 12.6 Å². The highest BCUT2D eigenvalue weighted by Gasteiger charge is 2.41. The number of nitrogens with zero attached hydrogens (tertiary/aromatic N) is 2. The van der Waals surface area contributed by atoms with Crippen LogP contribution in [0.4, 0.5) is 5.13 Å². The number of pyridine rings is 1. The molecule has 5 rings (SSSR count). The van der Waals surface area contributed by atoms with Gasteiger partial charge in [-0.05, 0) is 36.1 Å². The number of sulfone groups is 1. The molecule has 1 aliphatic carbocycles. The van der Waals surface area contributed by atoms with E-state index in [2.05, 4.69) is 25.9 Å². The highest BCUT2D eigenvalue weighted by atomic mass is 32.2. The second-order valence-electron chi connectivity index (χ2n) is 9.95. The number of carboxylic acids is 1. The van der Waals surface area contributed by atoms with E-state index >= 15 is 0 Å². The summed E-state index contributed by atoms with van der Waals surface area (Å²) in [6.45, 7) is 0.0560. The summed E-state index contributed by atoms with van der Waals surface area (Å²) in [6.07, 6.45) is 5.10. The van der Waals surface area contributed by atoms with Gasteiger partial charge < -0.3 is 20.5 Å². The lowest BCUT2D eigenvalue weighted by Crippen LogP contribution is -2.67. The van der Waals surface area contributed by atoms with Crippen molar-refractivity contribution in [2.24, 2.45) is 5.92 Å². The fraction of sp³-hybridized carbons (Fsp3) is 0.462. The second kappa shape index (κ2) is 11.5. The number of aliphatic carboxylic acids is 1. The highest BCUT2D eigenvalue weighted by molar-refractivity contribution is 7.92. The Hall–Kier alpha value is -3.13. The molecule has 1 amide bonds. The van der Waals surface area contributed by atoms with E-state index < -0.39 is 33.1 Å². The first-order chi connectivity index (χ1) is 18.7. The number of hydrogen-bond acceptors (Lipinski definition) is 10. The van der Waals surface area contributed by atoms with Crippen LogP contribution in [0.5, 0.6) is 5.88 Å². The van der Waals surface area contributed by atoms with Gasteiger partial charge >= 0.3 is 5.97 Å². The Morgan fingerprint density at radius 3 is 2.54 bits per heavy atom. The standard InChI is InChI=1S/C26H31N5O6S2/c1-37-21-11-10-19-24(30-21)38-26(29-19)31-23(34)18(12-15-4-2-3-5-15)16-6-8-17(9-7-16)39(35,36)25-20(13-28-25)27-14-22(32)33/h6-11,15,18,20,25,27-28H,2-5,12-14H2,1H3,(H,32,33)(H,29,31,34). The lowest BCUT2D eigenvalue weighted by molar-refractivity contribution is -0.136. The molecule has 3 aromatic rings. The van der Waals surface area contributed by atoms with E-state index in [4.69, 9.17) is 9.84 Å². The number of hydrogen-bond donors (Lipinski definition) is 4. The first-order valence-corrected chi connectivity index (χ1v) is 15.3. The maximum atomic E-state index is 13.5. The molecule has 3 unspecified atom stereocenters. The summed E-state index contributed by atoms with van der Waals surface area (Å²) in [5.74, 6) is -0.811. The van der Waals surface area contributed by atoms with Crippen molar-refractivity contribution >= 4 is 48.5 Å². The van der Waals surface area contributed by atoms with Gasteiger partial charge in [0.05, 0.1) is 30.5 Å². The largest absolute Gasteiger partial charge is 0.481 e. The number of anilines is 1. The van der Waals surface area contributed by atoms with Gasteiger partial charge in [0.1, 0.15) is 15.7 Å². The van der Waals surface area contributed by atoms with Gasteiger partial charge in [-0.25, -0.2) is 18.4 Å². The number of amides is 1. The number of aromatic nitrogens is 2. The summed E-state index contributed by atoms with van der Waals surface area (Å²) in [6, 6.07) is 9.49. The molecule has 1 saturated heterocycles. The Kier molecular flexibility index (Phi) is 8.12. The van der Waals surface area contributed by atoms with E-state index in [0.717, 1.165) is 31.2 Å². The molecule has 2 fully saturated rings. The molecular weight excluding hydrogens is 542 g/mol. The van der Waals surface area contributed by atoms with Crippen molar-refractivity contribution in [1.29, 1.82) is 0 Å². The fourth-order valence-corrected chi connectivity index (χ4v) is 7.81. The van der Waals surface area contributed by atoms with Gasteiger partial charge in [-0.2, -0.15) is 0 Å². The van der Waals surface area contributed by atoms with Crippen molar-refractivity contribution in [1.82, 2.24) is 20.6 Å². The van der Waals surface area contributed by atoms with Crippen LogP contribution in [0.3, 0.4) is 0 Å². The number of thiazole rings is 1. The van der Waals surface area contributed by atoms with Gasteiger partial charge in [0.25, 0.3) is 0 Å². The van der Waals surface area contributed by atoms with Gasteiger partial charge in [-0.3, -0.25) is 14.9 Å². The van der Waals surface area contributed by atoms with Crippen LogP contribution in [-0.4, -0.2) is 67.0 Å². The lowest BCUT2D eigenvalue weighted by Gasteiger charge is -2.37. The maximum Gasteiger partial charge on any atom is 0.317 e. The Balaban J connectivity index is 1.34. The first kappa shape index (κ1) is 27.4. The number of rotatable bonds is 11. The monoisotopic (exact) mass is 573 g/mol. The van der Waals surface area contributed by atoms with Crippen LogP contribution >= 0.6 is 11.3 Å². The minimum Gasteiger partial charge on any atom is -0.481 e. The smallest absolute Gasteiger partial charge is 0.317 e. The van der Waals surface area contributed by atoms with Crippen LogP contribution in [0.1, 0.15) is 43.6 Å². The third kappa shape index (κ3) is 6.06. The zero-order valence-corrected chi connectivity index (χ0v) is 23.1. The summed E-state index contributed by atoms with van der Waals surface area (Å²) < 4.78 is 31.5. The number of carboxylic acid groups (broad SMARTS) is 1. The molecular formula is C26H31N5O6S2. The molecule has 3 heterocycles.